The predicted octanol–water partition coefficient (Wildman–Crippen LogP) is 3.95. The Morgan fingerprint density at radius 1 is 1.12 bits per heavy atom. The number of pyridine rings is 1. The minimum atomic E-state index is -2.94. The van der Waals surface area contributed by atoms with Gasteiger partial charge in [-0.25, -0.2) is 8.42 Å². The average Bonchev–Trinajstić information content (AvgIpc) is 3.31. The molecule has 0 atom stereocenters. The summed E-state index contributed by atoms with van der Waals surface area (Å²) < 4.78 is 27.8. The van der Waals surface area contributed by atoms with Gasteiger partial charge in [0.2, 0.25) is 5.91 Å². The molecular weight excluding hydrogens is 426 g/mol. The van der Waals surface area contributed by atoms with Crippen molar-refractivity contribution in [2.24, 2.45) is 0 Å². The number of nitrogens with zero attached hydrogens (tertiary/aromatic N) is 2. The molecule has 3 aromatic rings. The van der Waals surface area contributed by atoms with E-state index in [1.165, 1.54) is 6.26 Å². The van der Waals surface area contributed by atoms with Crippen LogP contribution < -0.4 is 5.32 Å². The van der Waals surface area contributed by atoms with Crippen molar-refractivity contribution < 1.29 is 17.7 Å². The Kier molecular flexibility index (Phi) is 6.15. The smallest absolute Gasteiger partial charge is 0.230 e. The van der Waals surface area contributed by atoms with E-state index in [4.69, 9.17) is 4.52 Å². The number of carbonyl (C=O) groups is 1. The van der Waals surface area contributed by atoms with Crippen LogP contribution in [0.4, 0.5) is 5.82 Å². The molecule has 4 rings (SSSR count). The number of hydrogen-bond donors (Lipinski definition) is 1. The van der Waals surface area contributed by atoms with E-state index < -0.39 is 9.84 Å². The van der Waals surface area contributed by atoms with Crippen molar-refractivity contribution in [3.63, 3.8) is 0 Å². The minimum absolute atomic E-state index is 0.0784. The Morgan fingerprint density at radius 3 is 2.47 bits per heavy atom. The Hall–Kier alpha value is -3.00. The number of rotatable bonds is 9. The third-order valence-corrected chi connectivity index (χ3v) is 6.83. The van der Waals surface area contributed by atoms with E-state index in [9.17, 15) is 13.2 Å². The van der Waals surface area contributed by atoms with E-state index in [0.717, 1.165) is 41.0 Å². The fourth-order valence-corrected chi connectivity index (χ4v) is 4.17. The van der Waals surface area contributed by atoms with Crippen molar-refractivity contribution in [1.82, 2.24) is 10.1 Å². The fourth-order valence-electron chi connectivity index (χ4n) is 3.50. The highest BCUT2D eigenvalue weighted by atomic mass is 32.2. The zero-order valence-corrected chi connectivity index (χ0v) is 19.1. The normalized spacial score (nSPS) is 14.8. The number of benzene rings is 1. The van der Waals surface area contributed by atoms with E-state index in [2.05, 4.69) is 22.4 Å². The summed E-state index contributed by atoms with van der Waals surface area (Å²) >= 11 is 0. The van der Waals surface area contributed by atoms with Crippen LogP contribution in [0.5, 0.6) is 0 Å². The van der Waals surface area contributed by atoms with Crippen LogP contribution in [0.2, 0.25) is 0 Å². The van der Waals surface area contributed by atoms with E-state index in [1.807, 2.05) is 42.5 Å². The maximum Gasteiger partial charge on any atom is 0.230 e. The maximum absolute atomic E-state index is 12.4. The van der Waals surface area contributed by atoms with Gasteiger partial charge in [-0.1, -0.05) is 42.4 Å². The fraction of sp³-hybridized carbons (Fsp3) is 0.375. The van der Waals surface area contributed by atoms with Gasteiger partial charge in [0.1, 0.15) is 15.6 Å². The van der Waals surface area contributed by atoms with Gasteiger partial charge in [-0.2, -0.15) is 0 Å². The lowest BCUT2D eigenvalue weighted by atomic mass is 10.0. The van der Waals surface area contributed by atoms with Crippen LogP contribution in [-0.2, 0) is 32.9 Å². The summed E-state index contributed by atoms with van der Waals surface area (Å²) in [5, 5.41) is 6.75. The summed E-state index contributed by atoms with van der Waals surface area (Å²) in [6.07, 6.45) is 6.66. The topological polar surface area (TPSA) is 102 Å². The van der Waals surface area contributed by atoms with Crippen molar-refractivity contribution in [2.75, 3.05) is 17.3 Å². The van der Waals surface area contributed by atoms with Crippen molar-refractivity contribution in [3.8, 4) is 11.1 Å². The molecule has 1 fully saturated rings. The molecule has 0 aliphatic heterocycles. The Morgan fingerprint density at radius 2 is 1.84 bits per heavy atom. The first-order chi connectivity index (χ1) is 15.2. The van der Waals surface area contributed by atoms with E-state index in [1.54, 1.807) is 6.20 Å². The first kappa shape index (κ1) is 22.2. The summed E-state index contributed by atoms with van der Waals surface area (Å²) in [7, 11) is -2.94. The minimum Gasteiger partial charge on any atom is -0.359 e. The van der Waals surface area contributed by atoms with E-state index >= 15 is 0 Å². The Balaban J connectivity index is 1.30. The van der Waals surface area contributed by atoms with Crippen molar-refractivity contribution >= 4 is 21.6 Å². The lowest BCUT2D eigenvalue weighted by Gasteiger charge is -2.06. The quantitative estimate of drug-likeness (QED) is 0.526. The molecule has 0 saturated heterocycles. The molecule has 2 heterocycles. The van der Waals surface area contributed by atoms with Crippen LogP contribution >= 0.6 is 0 Å². The molecule has 1 N–H and O–H groups in total. The van der Waals surface area contributed by atoms with E-state index in [0.29, 0.717) is 18.7 Å². The second-order valence-corrected chi connectivity index (χ2v) is 11.1. The summed E-state index contributed by atoms with van der Waals surface area (Å²) in [4.78, 5) is 16.8. The molecular formula is C24H27N3O4S. The van der Waals surface area contributed by atoms with Gasteiger partial charge in [0.05, 0.1) is 12.2 Å². The molecule has 168 valence electrons. The zero-order valence-electron chi connectivity index (χ0n) is 18.3. The third-order valence-electron chi connectivity index (χ3n) is 5.80. The van der Waals surface area contributed by atoms with Gasteiger partial charge < -0.3 is 9.84 Å². The molecule has 1 saturated carbocycles. The first-order valence-electron chi connectivity index (χ1n) is 10.7. The first-order valence-corrected chi connectivity index (χ1v) is 12.8. The number of amides is 1. The highest BCUT2D eigenvalue weighted by Gasteiger charge is 2.42. The Labute approximate surface area is 188 Å². The second kappa shape index (κ2) is 8.86. The van der Waals surface area contributed by atoms with Gasteiger partial charge in [-0.3, -0.25) is 9.78 Å². The molecule has 1 aromatic carbocycles. The molecule has 1 amide bonds. The molecule has 1 aliphatic rings. The number of anilines is 1. The number of nitrogens with one attached hydrogen (secondary N) is 1. The number of hydrogen-bond acceptors (Lipinski definition) is 6. The van der Waals surface area contributed by atoms with Gasteiger partial charge in [0.25, 0.3) is 0 Å². The highest BCUT2D eigenvalue weighted by molar-refractivity contribution is 7.90. The SMILES string of the molecule is CC1(c2cc(NC(=O)Cc3ccc(-c4ccc(CCCS(C)(=O)=O)nc4)cc3)no2)CC1. The van der Waals surface area contributed by atoms with Gasteiger partial charge in [0, 0.05) is 35.2 Å². The number of aryl methyl sites for hydroxylation is 1. The van der Waals surface area contributed by atoms with Crippen LogP contribution in [0, 0.1) is 0 Å². The van der Waals surface area contributed by atoms with Crippen LogP contribution in [0.25, 0.3) is 11.1 Å². The number of carbonyl (C=O) groups excluding carboxylic acids is 1. The van der Waals surface area contributed by atoms with Crippen LogP contribution in [0.3, 0.4) is 0 Å². The largest absolute Gasteiger partial charge is 0.359 e. The molecule has 0 radical (unpaired) electrons. The average molecular weight is 454 g/mol. The molecule has 0 spiro atoms. The zero-order chi connectivity index (χ0) is 22.8. The van der Waals surface area contributed by atoms with Crippen LogP contribution in [-0.4, -0.2) is 36.5 Å². The lowest BCUT2D eigenvalue weighted by Crippen LogP contribution is -2.14. The second-order valence-electron chi connectivity index (χ2n) is 8.83. The molecule has 2 aromatic heterocycles. The highest BCUT2D eigenvalue weighted by Crippen LogP contribution is 2.48. The van der Waals surface area contributed by atoms with Crippen molar-refractivity contribution in [2.45, 2.75) is 44.4 Å². The molecule has 8 heteroatoms. The van der Waals surface area contributed by atoms with Crippen LogP contribution in [0.1, 0.15) is 43.2 Å². The monoisotopic (exact) mass is 453 g/mol. The summed E-state index contributed by atoms with van der Waals surface area (Å²) in [5.74, 6) is 1.31. The van der Waals surface area contributed by atoms with E-state index in [-0.39, 0.29) is 23.5 Å². The lowest BCUT2D eigenvalue weighted by molar-refractivity contribution is -0.115. The number of aromatic nitrogens is 2. The standard InChI is InChI=1S/C24H27N3O4S/c1-24(11-12-24)21-15-22(27-31-21)26-23(28)14-17-5-7-18(8-6-17)19-9-10-20(25-16-19)4-3-13-32(2,29)30/h5-10,15-16H,3-4,11-14H2,1-2H3,(H,26,27,28). The van der Waals surface area contributed by atoms with Crippen molar-refractivity contribution in [3.05, 3.63) is 65.7 Å². The summed E-state index contributed by atoms with van der Waals surface area (Å²) in [6.45, 7) is 2.13. The van der Waals surface area contributed by atoms with Gasteiger partial charge >= 0.3 is 0 Å². The molecule has 0 bridgehead atoms. The molecule has 1 aliphatic carbocycles. The van der Waals surface area contributed by atoms with Gasteiger partial charge in [-0.05, 0) is 42.9 Å². The summed E-state index contributed by atoms with van der Waals surface area (Å²) in [6, 6.07) is 13.5. The van der Waals surface area contributed by atoms with Crippen LogP contribution in [0.15, 0.2) is 53.2 Å². The van der Waals surface area contributed by atoms with Crippen molar-refractivity contribution in [1.29, 1.82) is 0 Å². The maximum atomic E-state index is 12.4. The third kappa shape index (κ3) is 5.82. The van der Waals surface area contributed by atoms with Gasteiger partial charge in [-0.15, -0.1) is 0 Å². The molecule has 32 heavy (non-hydrogen) atoms. The number of sulfone groups is 1. The van der Waals surface area contributed by atoms with Gasteiger partial charge in [0.15, 0.2) is 5.82 Å². The Bertz CT molecular complexity index is 1190. The summed E-state index contributed by atoms with van der Waals surface area (Å²) in [5.41, 5.74) is 3.82. The molecule has 0 unspecified atom stereocenters. The predicted molar refractivity (Wildman–Crippen MR) is 123 cm³/mol. The molecule has 7 nitrogen and oxygen atoms in total.